The molecule has 2 rings (SSSR count). The molecule has 0 spiro atoms. The maximum absolute atomic E-state index is 11.9. The molecule has 98 valence electrons. The van der Waals surface area contributed by atoms with Gasteiger partial charge < -0.3 is 9.88 Å². The standard InChI is InChI=1S/C14H13IN2O2/c1-10-3-2-8-17(14(10)19)9-13(18)16-12-6-4-11(15)5-7-12/h2-8H,9H2,1H3,(H,16,18). The Balaban J connectivity index is 2.07. The molecule has 0 fully saturated rings. The molecule has 4 nitrogen and oxygen atoms in total. The molecule has 0 atom stereocenters. The lowest BCUT2D eigenvalue weighted by atomic mass is 10.3. The maximum atomic E-state index is 11.9. The second-order valence-corrected chi connectivity index (χ2v) is 5.42. The van der Waals surface area contributed by atoms with Crippen LogP contribution in [0.1, 0.15) is 5.56 Å². The van der Waals surface area contributed by atoms with Crippen molar-refractivity contribution in [3.05, 3.63) is 62.1 Å². The second-order valence-electron chi connectivity index (χ2n) is 4.18. The Morgan fingerprint density at radius 2 is 1.95 bits per heavy atom. The molecule has 1 aromatic heterocycles. The predicted octanol–water partition coefficient (Wildman–Crippen LogP) is 2.40. The Hall–Kier alpha value is -1.63. The molecular formula is C14H13IN2O2. The lowest BCUT2D eigenvalue weighted by Crippen LogP contribution is -2.28. The molecule has 0 aliphatic rings. The van der Waals surface area contributed by atoms with Gasteiger partial charge in [0.2, 0.25) is 5.91 Å². The van der Waals surface area contributed by atoms with E-state index in [2.05, 4.69) is 27.9 Å². The van der Waals surface area contributed by atoms with Gasteiger partial charge in [-0.2, -0.15) is 0 Å². The fraction of sp³-hybridized carbons (Fsp3) is 0.143. The van der Waals surface area contributed by atoms with E-state index in [0.717, 1.165) is 9.26 Å². The smallest absolute Gasteiger partial charge is 0.253 e. The second kappa shape index (κ2) is 6.01. The third-order valence-corrected chi connectivity index (χ3v) is 3.37. The van der Waals surface area contributed by atoms with Crippen LogP contribution >= 0.6 is 22.6 Å². The highest BCUT2D eigenvalue weighted by Crippen LogP contribution is 2.10. The fourth-order valence-corrected chi connectivity index (χ4v) is 2.03. The van der Waals surface area contributed by atoms with Crippen molar-refractivity contribution in [2.45, 2.75) is 13.5 Å². The molecule has 0 aliphatic heterocycles. The van der Waals surface area contributed by atoms with Gasteiger partial charge >= 0.3 is 0 Å². The minimum absolute atomic E-state index is 0.0203. The Morgan fingerprint density at radius 3 is 2.63 bits per heavy atom. The minimum Gasteiger partial charge on any atom is -0.325 e. The number of carbonyl (C=O) groups excluding carboxylic acids is 1. The summed E-state index contributed by atoms with van der Waals surface area (Å²) < 4.78 is 2.50. The van der Waals surface area contributed by atoms with Gasteiger partial charge in [-0.05, 0) is 59.8 Å². The first-order chi connectivity index (χ1) is 9.06. The molecule has 0 bridgehead atoms. The number of rotatable bonds is 3. The molecule has 2 aromatic rings. The van der Waals surface area contributed by atoms with E-state index in [1.165, 1.54) is 4.57 Å². The fourth-order valence-electron chi connectivity index (χ4n) is 1.67. The number of amides is 1. The largest absolute Gasteiger partial charge is 0.325 e. The number of pyridine rings is 1. The molecule has 1 aromatic carbocycles. The molecule has 1 heterocycles. The number of aryl methyl sites for hydroxylation is 1. The normalized spacial score (nSPS) is 10.2. The van der Waals surface area contributed by atoms with Crippen molar-refractivity contribution in [1.82, 2.24) is 4.57 Å². The molecule has 0 saturated carbocycles. The average molecular weight is 368 g/mol. The van der Waals surface area contributed by atoms with Crippen LogP contribution < -0.4 is 10.9 Å². The van der Waals surface area contributed by atoms with Gasteiger partial charge in [0.15, 0.2) is 0 Å². The third-order valence-electron chi connectivity index (χ3n) is 2.65. The van der Waals surface area contributed by atoms with Crippen LogP contribution in [-0.4, -0.2) is 10.5 Å². The van der Waals surface area contributed by atoms with Gasteiger partial charge in [0.05, 0.1) is 0 Å². The first kappa shape index (κ1) is 13.8. The Bertz CT molecular complexity index is 647. The van der Waals surface area contributed by atoms with Gasteiger partial charge in [-0.25, -0.2) is 0 Å². The highest BCUT2D eigenvalue weighted by molar-refractivity contribution is 14.1. The maximum Gasteiger partial charge on any atom is 0.253 e. The lowest BCUT2D eigenvalue weighted by molar-refractivity contribution is -0.116. The van der Waals surface area contributed by atoms with Crippen molar-refractivity contribution in [1.29, 1.82) is 0 Å². The van der Waals surface area contributed by atoms with E-state index in [4.69, 9.17) is 0 Å². The molecule has 0 unspecified atom stereocenters. The SMILES string of the molecule is Cc1cccn(CC(=O)Nc2ccc(I)cc2)c1=O. The van der Waals surface area contributed by atoms with Gasteiger partial charge in [-0.15, -0.1) is 0 Å². The Morgan fingerprint density at radius 1 is 1.26 bits per heavy atom. The number of hydrogen-bond donors (Lipinski definition) is 1. The van der Waals surface area contributed by atoms with Gasteiger partial charge in [0, 0.05) is 21.0 Å². The molecule has 0 saturated heterocycles. The summed E-state index contributed by atoms with van der Waals surface area (Å²) >= 11 is 2.20. The van der Waals surface area contributed by atoms with Crippen LogP contribution in [0.25, 0.3) is 0 Å². The summed E-state index contributed by atoms with van der Waals surface area (Å²) in [5.74, 6) is -0.214. The zero-order valence-electron chi connectivity index (χ0n) is 10.4. The third kappa shape index (κ3) is 3.66. The van der Waals surface area contributed by atoms with E-state index in [9.17, 15) is 9.59 Å². The first-order valence-electron chi connectivity index (χ1n) is 5.78. The van der Waals surface area contributed by atoms with Crippen molar-refractivity contribution in [2.75, 3.05) is 5.32 Å². The lowest BCUT2D eigenvalue weighted by Gasteiger charge is -2.08. The van der Waals surface area contributed by atoms with Gasteiger partial charge in [-0.1, -0.05) is 6.07 Å². The van der Waals surface area contributed by atoms with Crippen LogP contribution in [0.5, 0.6) is 0 Å². The van der Waals surface area contributed by atoms with E-state index < -0.39 is 0 Å². The molecule has 19 heavy (non-hydrogen) atoms. The summed E-state index contributed by atoms with van der Waals surface area (Å²) in [7, 11) is 0. The first-order valence-corrected chi connectivity index (χ1v) is 6.85. The van der Waals surface area contributed by atoms with E-state index in [-0.39, 0.29) is 18.0 Å². The number of anilines is 1. The summed E-state index contributed by atoms with van der Waals surface area (Å²) in [6.45, 7) is 1.75. The van der Waals surface area contributed by atoms with Gasteiger partial charge in [-0.3, -0.25) is 9.59 Å². The molecule has 1 amide bonds. The molecular weight excluding hydrogens is 355 g/mol. The quantitative estimate of drug-likeness (QED) is 0.846. The highest BCUT2D eigenvalue weighted by Gasteiger charge is 2.05. The minimum atomic E-state index is -0.214. The van der Waals surface area contributed by atoms with Crippen molar-refractivity contribution < 1.29 is 4.79 Å². The van der Waals surface area contributed by atoms with Crippen molar-refractivity contribution in [3.8, 4) is 0 Å². The zero-order chi connectivity index (χ0) is 13.8. The van der Waals surface area contributed by atoms with Crippen LogP contribution in [0.15, 0.2) is 47.4 Å². The summed E-state index contributed by atoms with van der Waals surface area (Å²) in [4.78, 5) is 23.6. The molecule has 1 N–H and O–H groups in total. The highest BCUT2D eigenvalue weighted by atomic mass is 127. The van der Waals surface area contributed by atoms with E-state index in [1.807, 2.05) is 24.3 Å². The van der Waals surface area contributed by atoms with Crippen LogP contribution in [-0.2, 0) is 11.3 Å². The Labute approximate surface area is 124 Å². The van der Waals surface area contributed by atoms with Gasteiger partial charge in [0.25, 0.3) is 5.56 Å². The summed E-state index contributed by atoms with van der Waals surface area (Å²) in [6.07, 6.45) is 1.61. The number of benzene rings is 1. The monoisotopic (exact) mass is 368 g/mol. The Kier molecular flexibility index (Phi) is 4.36. The van der Waals surface area contributed by atoms with E-state index >= 15 is 0 Å². The summed E-state index contributed by atoms with van der Waals surface area (Å²) in [5, 5.41) is 2.76. The predicted molar refractivity (Wildman–Crippen MR) is 83.2 cm³/mol. The number of nitrogens with zero attached hydrogens (tertiary/aromatic N) is 1. The number of hydrogen-bond acceptors (Lipinski definition) is 2. The number of halogens is 1. The zero-order valence-corrected chi connectivity index (χ0v) is 12.5. The molecule has 5 heteroatoms. The van der Waals surface area contributed by atoms with Crippen LogP contribution in [0.2, 0.25) is 0 Å². The van der Waals surface area contributed by atoms with Crippen LogP contribution in [0.4, 0.5) is 5.69 Å². The summed E-state index contributed by atoms with van der Waals surface area (Å²) in [6, 6.07) is 11.0. The number of nitrogens with one attached hydrogen (secondary N) is 1. The van der Waals surface area contributed by atoms with Crippen LogP contribution in [0.3, 0.4) is 0 Å². The van der Waals surface area contributed by atoms with Crippen molar-refractivity contribution >= 4 is 34.2 Å². The number of aromatic nitrogens is 1. The summed E-state index contributed by atoms with van der Waals surface area (Å²) in [5.41, 5.74) is 1.22. The van der Waals surface area contributed by atoms with Crippen molar-refractivity contribution in [2.24, 2.45) is 0 Å². The molecule has 0 radical (unpaired) electrons. The van der Waals surface area contributed by atoms with Gasteiger partial charge in [0.1, 0.15) is 6.54 Å². The topological polar surface area (TPSA) is 51.1 Å². The average Bonchev–Trinajstić information content (AvgIpc) is 2.38. The molecule has 0 aliphatic carbocycles. The van der Waals surface area contributed by atoms with E-state index in [1.54, 1.807) is 25.3 Å². The number of carbonyl (C=O) groups is 1. The van der Waals surface area contributed by atoms with Crippen LogP contribution in [0, 0.1) is 10.5 Å². The van der Waals surface area contributed by atoms with E-state index in [0.29, 0.717) is 5.56 Å². The van der Waals surface area contributed by atoms with Crippen molar-refractivity contribution in [3.63, 3.8) is 0 Å².